The van der Waals surface area contributed by atoms with Crippen LogP contribution in [0.5, 0.6) is 11.8 Å². The first-order chi connectivity index (χ1) is 9.29. The Kier molecular flexibility index (Phi) is 3.77. The van der Waals surface area contributed by atoms with Gasteiger partial charge in [0.25, 0.3) is 0 Å². The van der Waals surface area contributed by atoms with Gasteiger partial charge in [0.2, 0.25) is 21.8 Å². The van der Waals surface area contributed by atoms with Crippen LogP contribution in [0.1, 0.15) is 0 Å². The summed E-state index contributed by atoms with van der Waals surface area (Å²) in [5.74, 6) is -0.823. The molecule has 1 aromatic rings. The second-order valence-electron chi connectivity index (χ2n) is 4.35. The summed E-state index contributed by atoms with van der Waals surface area (Å²) < 4.78 is 24.5. The van der Waals surface area contributed by atoms with Crippen molar-refractivity contribution in [2.75, 3.05) is 32.4 Å². The predicted octanol–water partition coefficient (Wildman–Crippen LogP) is -0.975. The van der Waals surface area contributed by atoms with Crippen LogP contribution < -0.4 is 4.84 Å². The van der Waals surface area contributed by atoms with Gasteiger partial charge in [0.1, 0.15) is 0 Å². The molecular formula is C10H15N3O6S. The summed E-state index contributed by atoms with van der Waals surface area (Å²) in [6.45, 7) is 0.707. The van der Waals surface area contributed by atoms with Gasteiger partial charge in [0, 0.05) is 38.3 Å². The largest absolute Gasteiger partial charge is 0.492 e. The van der Waals surface area contributed by atoms with Crippen molar-refractivity contribution in [3.63, 3.8) is 0 Å². The molecule has 1 amide bonds. The lowest BCUT2D eigenvalue weighted by atomic mass is 10.4. The minimum atomic E-state index is -3.27. The van der Waals surface area contributed by atoms with Gasteiger partial charge in [-0.2, -0.15) is 4.31 Å². The molecule has 112 valence electrons. The molecule has 0 spiro atoms. The van der Waals surface area contributed by atoms with Gasteiger partial charge in [0.05, 0.1) is 6.26 Å². The van der Waals surface area contributed by atoms with Gasteiger partial charge in [-0.1, -0.05) is 0 Å². The van der Waals surface area contributed by atoms with E-state index in [0.29, 0.717) is 4.73 Å². The zero-order valence-electron chi connectivity index (χ0n) is 10.8. The lowest BCUT2D eigenvalue weighted by molar-refractivity contribution is 0.0655. The Hall–Kier alpha value is -1.94. The van der Waals surface area contributed by atoms with E-state index in [1.807, 2.05) is 0 Å². The Morgan fingerprint density at radius 1 is 1.15 bits per heavy atom. The van der Waals surface area contributed by atoms with Crippen LogP contribution in [0.2, 0.25) is 0 Å². The molecule has 0 aromatic carbocycles. The van der Waals surface area contributed by atoms with Crippen molar-refractivity contribution in [2.45, 2.75) is 0 Å². The van der Waals surface area contributed by atoms with Crippen molar-refractivity contribution in [1.29, 1.82) is 0 Å². The Balaban J connectivity index is 1.96. The summed E-state index contributed by atoms with van der Waals surface area (Å²) in [6, 6.07) is 2.34. The summed E-state index contributed by atoms with van der Waals surface area (Å²) >= 11 is 0. The molecule has 10 heteroatoms. The molecule has 0 atom stereocenters. The lowest BCUT2D eigenvalue weighted by Gasteiger charge is -2.32. The highest BCUT2D eigenvalue weighted by Gasteiger charge is 2.27. The number of hydrogen-bond acceptors (Lipinski definition) is 6. The molecule has 1 aromatic heterocycles. The van der Waals surface area contributed by atoms with Crippen LogP contribution >= 0.6 is 0 Å². The Morgan fingerprint density at radius 3 is 2.10 bits per heavy atom. The molecule has 1 fully saturated rings. The third-order valence-corrected chi connectivity index (χ3v) is 4.24. The van der Waals surface area contributed by atoms with Crippen LogP contribution in [0, 0.1) is 0 Å². The number of aromatic nitrogens is 1. The average molecular weight is 305 g/mol. The van der Waals surface area contributed by atoms with Crippen molar-refractivity contribution in [1.82, 2.24) is 13.9 Å². The smallest absolute Gasteiger partial charge is 0.434 e. The molecule has 0 saturated carbocycles. The van der Waals surface area contributed by atoms with E-state index in [1.54, 1.807) is 0 Å². The molecule has 0 radical (unpaired) electrons. The van der Waals surface area contributed by atoms with Crippen molar-refractivity contribution in [2.24, 2.45) is 0 Å². The van der Waals surface area contributed by atoms with Gasteiger partial charge in [-0.3, -0.25) is 0 Å². The molecule has 0 aliphatic carbocycles. The molecule has 1 aliphatic heterocycles. The molecule has 1 saturated heterocycles. The van der Waals surface area contributed by atoms with Gasteiger partial charge < -0.3 is 20.0 Å². The lowest BCUT2D eigenvalue weighted by Crippen LogP contribution is -2.51. The predicted molar refractivity (Wildman–Crippen MR) is 67.7 cm³/mol. The van der Waals surface area contributed by atoms with E-state index in [4.69, 9.17) is 4.84 Å². The van der Waals surface area contributed by atoms with Crippen molar-refractivity contribution in [3.05, 3.63) is 12.1 Å². The van der Waals surface area contributed by atoms with E-state index < -0.39 is 27.9 Å². The number of sulfonamides is 1. The van der Waals surface area contributed by atoms with Gasteiger partial charge in [-0.15, -0.1) is 4.73 Å². The first-order valence-corrected chi connectivity index (χ1v) is 7.66. The maximum atomic E-state index is 11.8. The maximum absolute atomic E-state index is 11.8. The van der Waals surface area contributed by atoms with Crippen molar-refractivity contribution >= 4 is 16.1 Å². The van der Waals surface area contributed by atoms with E-state index in [9.17, 15) is 23.4 Å². The first kappa shape index (κ1) is 14.5. The zero-order chi connectivity index (χ0) is 14.9. The van der Waals surface area contributed by atoms with Crippen LogP contribution in [-0.4, -0.2) is 71.1 Å². The molecule has 0 bridgehead atoms. The normalized spacial score (nSPS) is 17.1. The molecule has 1 aliphatic rings. The number of aromatic hydroxyl groups is 2. The fraction of sp³-hybridized carbons (Fsp3) is 0.500. The van der Waals surface area contributed by atoms with Crippen molar-refractivity contribution in [3.8, 4) is 11.8 Å². The number of carbonyl (C=O) groups excluding carboxylic acids is 1. The highest BCUT2D eigenvalue weighted by molar-refractivity contribution is 7.88. The van der Waals surface area contributed by atoms with Crippen LogP contribution in [0.3, 0.4) is 0 Å². The molecule has 2 rings (SSSR count). The summed E-state index contributed by atoms with van der Waals surface area (Å²) in [4.78, 5) is 17.9. The number of hydrogen-bond donors (Lipinski definition) is 2. The molecule has 20 heavy (non-hydrogen) atoms. The molecular weight excluding hydrogens is 290 g/mol. The summed E-state index contributed by atoms with van der Waals surface area (Å²) in [7, 11) is -3.27. The second-order valence-corrected chi connectivity index (χ2v) is 6.33. The minimum absolute atomic E-state index is 0.175. The monoisotopic (exact) mass is 305 g/mol. The number of nitrogens with zero attached hydrogens (tertiary/aromatic N) is 3. The Bertz CT molecular complexity index is 583. The SMILES string of the molecule is CS(=O)(=O)N1CCN(C(=O)On2c(O)ccc2O)CC1. The third-order valence-electron chi connectivity index (χ3n) is 2.93. The van der Waals surface area contributed by atoms with Crippen LogP contribution in [0.25, 0.3) is 0 Å². The Morgan fingerprint density at radius 2 is 1.65 bits per heavy atom. The molecule has 2 heterocycles. The van der Waals surface area contributed by atoms with Crippen molar-refractivity contribution < 1.29 is 28.3 Å². The minimum Gasteiger partial charge on any atom is -0.492 e. The first-order valence-electron chi connectivity index (χ1n) is 5.81. The average Bonchev–Trinajstić information content (AvgIpc) is 2.69. The summed E-state index contributed by atoms with van der Waals surface area (Å²) in [6.07, 6.45) is 0.330. The summed E-state index contributed by atoms with van der Waals surface area (Å²) in [5.41, 5.74) is 0. The number of piperazine rings is 1. The highest BCUT2D eigenvalue weighted by Crippen LogP contribution is 2.19. The van der Waals surface area contributed by atoms with Crippen LogP contribution in [-0.2, 0) is 10.0 Å². The third kappa shape index (κ3) is 2.96. The van der Waals surface area contributed by atoms with Gasteiger partial charge >= 0.3 is 6.09 Å². The number of carbonyl (C=O) groups is 1. The molecule has 2 N–H and O–H groups in total. The quantitative estimate of drug-likeness (QED) is 0.726. The standard InChI is InChI=1S/C10H15N3O6S/c1-20(17,18)12-6-4-11(5-7-12)10(16)19-13-8(14)2-3-9(13)15/h2-3,14-15H,4-7H2,1H3. The Labute approximate surface area is 115 Å². The zero-order valence-corrected chi connectivity index (χ0v) is 11.6. The molecule has 0 unspecified atom stereocenters. The van der Waals surface area contributed by atoms with Crippen LogP contribution in [0.4, 0.5) is 4.79 Å². The van der Waals surface area contributed by atoms with Gasteiger partial charge in [-0.25, -0.2) is 13.2 Å². The van der Waals surface area contributed by atoms with Gasteiger partial charge in [-0.05, 0) is 0 Å². The second kappa shape index (κ2) is 5.21. The van der Waals surface area contributed by atoms with E-state index in [1.165, 1.54) is 21.3 Å². The van der Waals surface area contributed by atoms with E-state index >= 15 is 0 Å². The number of amides is 1. The molecule has 9 nitrogen and oxygen atoms in total. The van der Waals surface area contributed by atoms with E-state index in [-0.39, 0.29) is 26.2 Å². The van der Waals surface area contributed by atoms with Gasteiger partial charge in [0.15, 0.2) is 0 Å². The summed E-state index contributed by atoms with van der Waals surface area (Å²) in [5, 5.41) is 18.7. The maximum Gasteiger partial charge on any atom is 0.434 e. The van der Waals surface area contributed by atoms with E-state index in [0.717, 1.165) is 6.26 Å². The fourth-order valence-electron chi connectivity index (χ4n) is 1.83. The van der Waals surface area contributed by atoms with Crippen LogP contribution in [0.15, 0.2) is 12.1 Å². The fourth-order valence-corrected chi connectivity index (χ4v) is 2.66. The van der Waals surface area contributed by atoms with E-state index in [2.05, 4.69) is 0 Å². The highest BCUT2D eigenvalue weighted by atomic mass is 32.2. The topological polar surface area (TPSA) is 112 Å². The number of rotatable bonds is 2.